The van der Waals surface area contributed by atoms with Gasteiger partial charge in [0, 0.05) is 13.1 Å². The lowest BCUT2D eigenvalue weighted by atomic mass is 9.98. The van der Waals surface area contributed by atoms with Crippen molar-refractivity contribution < 1.29 is 4.74 Å². The number of benzene rings is 1. The van der Waals surface area contributed by atoms with Crippen LogP contribution in [0.25, 0.3) is 0 Å². The van der Waals surface area contributed by atoms with Gasteiger partial charge in [-0.3, -0.25) is 4.90 Å². The van der Waals surface area contributed by atoms with Crippen molar-refractivity contribution in [3.8, 4) is 5.75 Å². The van der Waals surface area contributed by atoms with E-state index < -0.39 is 0 Å². The Morgan fingerprint density at radius 2 is 2.06 bits per heavy atom. The molecule has 18 heavy (non-hydrogen) atoms. The van der Waals surface area contributed by atoms with E-state index in [0.29, 0.717) is 0 Å². The largest absolute Gasteiger partial charge is 0.496 e. The Kier molecular flexibility index (Phi) is 4.28. The maximum atomic E-state index is 5.37. The van der Waals surface area contributed by atoms with Crippen molar-refractivity contribution in [1.29, 1.82) is 0 Å². The molecule has 0 saturated carbocycles. The molecule has 0 aromatic heterocycles. The summed E-state index contributed by atoms with van der Waals surface area (Å²) in [6.45, 7) is 10.3. The van der Waals surface area contributed by atoms with E-state index in [2.05, 4.69) is 37.8 Å². The molecule has 1 aromatic rings. The number of nitrogens with zero attached hydrogens (tertiary/aromatic N) is 1. The lowest BCUT2D eigenvalue weighted by Crippen LogP contribution is -2.33. The van der Waals surface area contributed by atoms with Crippen molar-refractivity contribution in [3.63, 3.8) is 0 Å². The molecular formula is C16H25NO. The lowest BCUT2D eigenvalue weighted by molar-refractivity contribution is 0.176. The fourth-order valence-corrected chi connectivity index (χ4v) is 2.92. The summed E-state index contributed by atoms with van der Waals surface area (Å²) >= 11 is 0. The topological polar surface area (TPSA) is 12.5 Å². The van der Waals surface area contributed by atoms with Gasteiger partial charge in [-0.1, -0.05) is 13.0 Å². The second-order valence-electron chi connectivity index (χ2n) is 5.66. The third-order valence-electron chi connectivity index (χ3n) is 4.20. The van der Waals surface area contributed by atoms with Gasteiger partial charge in [-0.15, -0.1) is 0 Å². The maximum Gasteiger partial charge on any atom is 0.122 e. The SMILES string of the molecule is COc1ccc(CN2CCC[C@@H](C)C2)c(C)c1C. The van der Waals surface area contributed by atoms with Crippen LogP contribution in [0.1, 0.15) is 36.5 Å². The van der Waals surface area contributed by atoms with E-state index in [9.17, 15) is 0 Å². The highest BCUT2D eigenvalue weighted by Gasteiger charge is 2.17. The van der Waals surface area contributed by atoms with Crippen LogP contribution in [0.3, 0.4) is 0 Å². The number of ether oxygens (including phenoxy) is 1. The monoisotopic (exact) mass is 247 g/mol. The molecule has 1 aliphatic rings. The van der Waals surface area contributed by atoms with Crippen molar-refractivity contribution >= 4 is 0 Å². The molecule has 0 unspecified atom stereocenters. The minimum absolute atomic E-state index is 0.846. The van der Waals surface area contributed by atoms with E-state index in [1.54, 1.807) is 7.11 Å². The van der Waals surface area contributed by atoms with Gasteiger partial charge in [0.15, 0.2) is 0 Å². The molecule has 1 saturated heterocycles. The molecule has 1 atom stereocenters. The molecule has 1 fully saturated rings. The van der Waals surface area contributed by atoms with Crippen LogP contribution in [0, 0.1) is 19.8 Å². The fraction of sp³-hybridized carbons (Fsp3) is 0.625. The molecule has 2 rings (SSSR count). The summed E-state index contributed by atoms with van der Waals surface area (Å²) in [6, 6.07) is 4.32. The zero-order valence-electron chi connectivity index (χ0n) is 12.1. The maximum absolute atomic E-state index is 5.37. The van der Waals surface area contributed by atoms with Gasteiger partial charge in [-0.25, -0.2) is 0 Å². The van der Waals surface area contributed by atoms with Crippen LogP contribution >= 0.6 is 0 Å². The standard InChI is InChI=1S/C16H25NO/c1-12-6-5-9-17(10-12)11-15-7-8-16(18-4)14(3)13(15)2/h7-8,12H,5-6,9-11H2,1-4H3/t12-/m1/s1. The van der Waals surface area contributed by atoms with Gasteiger partial charge in [0.1, 0.15) is 5.75 Å². The summed E-state index contributed by atoms with van der Waals surface area (Å²) in [4.78, 5) is 2.59. The number of likely N-dealkylation sites (tertiary alicyclic amines) is 1. The molecule has 2 heteroatoms. The Hall–Kier alpha value is -1.02. The summed E-state index contributed by atoms with van der Waals surface area (Å²) in [5, 5.41) is 0. The van der Waals surface area contributed by atoms with Crippen LogP contribution in [0.15, 0.2) is 12.1 Å². The Balaban J connectivity index is 2.12. The minimum Gasteiger partial charge on any atom is -0.496 e. The zero-order valence-corrected chi connectivity index (χ0v) is 12.1. The second-order valence-corrected chi connectivity index (χ2v) is 5.66. The third-order valence-corrected chi connectivity index (χ3v) is 4.20. The summed E-state index contributed by atoms with van der Waals surface area (Å²) in [5.74, 6) is 1.85. The van der Waals surface area contributed by atoms with E-state index in [-0.39, 0.29) is 0 Å². The van der Waals surface area contributed by atoms with Gasteiger partial charge in [0.25, 0.3) is 0 Å². The van der Waals surface area contributed by atoms with Gasteiger partial charge in [-0.05, 0) is 61.9 Å². The van der Waals surface area contributed by atoms with Gasteiger partial charge >= 0.3 is 0 Å². The van der Waals surface area contributed by atoms with Crippen LogP contribution in [-0.2, 0) is 6.54 Å². The Morgan fingerprint density at radius 3 is 2.72 bits per heavy atom. The second kappa shape index (κ2) is 5.75. The molecule has 0 N–H and O–H groups in total. The average molecular weight is 247 g/mol. The predicted molar refractivity (Wildman–Crippen MR) is 76.1 cm³/mol. The van der Waals surface area contributed by atoms with E-state index >= 15 is 0 Å². The molecular weight excluding hydrogens is 222 g/mol. The highest BCUT2D eigenvalue weighted by atomic mass is 16.5. The van der Waals surface area contributed by atoms with Crippen LogP contribution in [-0.4, -0.2) is 25.1 Å². The van der Waals surface area contributed by atoms with E-state index in [0.717, 1.165) is 18.2 Å². The molecule has 1 aliphatic heterocycles. The fourth-order valence-electron chi connectivity index (χ4n) is 2.92. The molecule has 0 radical (unpaired) electrons. The number of hydrogen-bond donors (Lipinski definition) is 0. The summed E-state index contributed by atoms with van der Waals surface area (Å²) < 4.78 is 5.37. The van der Waals surface area contributed by atoms with Crippen molar-refractivity contribution in [1.82, 2.24) is 4.90 Å². The Labute approximate surface area is 111 Å². The van der Waals surface area contributed by atoms with Crippen molar-refractivity contribution in [3.05, 3.63) is 28.8 Å². The lowest BCUT2D eigenvalue weighted by Gasteiger charge is -2.31. The normalized spacial score (nSPS) is 21.0. The van der Waals surface area contributed by atoms with Crippen molar-refractivity contribution in [2.75, 3.05) is 20.2 Å². The Morgan fingerprint density at radius 1 is 1.28 bits per heavy atom. The van der Waals surface area contributed by atoms with Crippen molar-refractivity contribution in [2.45, 2.75) is 40.2 Å². The number of methoxy groups -OCH3 is 1. The van der Waals surface area contributed by atoms with Crippen LogP contribution < -0.4 is 4.74 Å². The van der Waals surface area contributed by atoms with Crippen LogP contribution in [0.2, 0.25) is 0 Å². The number of rotatable bonds is 3. The van der Waals surface area contributed by atoms with Crippen LogP contribution in [0.5, 0.6) is 5.75 Å². The zero-order chi connectivity index (χ0) is 13.1. The summed E-state index contributed by atoms with van der Waals surface area (Å²) in [5.41, 5.74) is 4.11. The van der Waals surface area contributed by atoms with Gasteiger partial charge in [0.05, 0.1) is 7.11 Å². The van der Waals surface area contributed by atoms with Crippen molar-refractivity contribution in [2.24, 2.45) is 5.92 Å². The molecule has 100 valence electrons. The van der Waals surface area contributed by atoms with E-state index in [1.807, 2.05) is 0 Å². The van der Waals surface area contributed by atoms with Gasteiger partial charge in [-0.2, -0.15) is 0 Å². The molecule has 1 aromatic carbocycles. The predicted octanol–water partition coefficient (Wildman–Crippen LogP) is 3.54. The highest BCUT2D eigenvalue weighted by Crippen LogP contribution is 2.26. The first-order valence-corrected chi connectivity index (χ1v) is 6.97. The quantitative estimate of drug-likeness (QED) is 0.810. The van der Waals surface area contributed by atoms with E-state index in [4.69, 9.17) is 4.74 Å². The van der Waals surface area contributed by atoms with Gasteiger partial charge in [0.2, 0.25) is 0 Å². The molecule has 0 spiro atoms. The van der Waals surface area contributed by atoms with E-state index in [1.165, 1.54) is 42.6 Å². The van der Waals surface area contributed by atoms with Gasteiger partial charge < -0.3 is 4.74 Å². The minimum atomic E-state index is 0.846. The number of hydrogen-bond acceptors (Lipinski definition) is 2. The molecule has 0 amide bonds. The summed E-state index contributed by atoms with van der Waals surface area (Å²) in [7, 11) is 1.74. The number of piperidine rings is 1. The highest BCUT2D eigenvalue weighted by molar-refractivity contribution is 5.43. The molecule has 0 aliphatic carbocycles. The third kappa shape index (κ3) is 2.86. The Bertz CT molecular complexity index is 414. The summed E-state index contributed by atoms with van der Waals surface area (Å²) in [6.07, 6.45) is 2.73. The first-order valence-electron chi connectivity index (χ1n) is 6.97. The first-order chi connectivity index (χ1) is 8.61. The van der Waals surface area contributed by atoms with Crippen LogP contribution in [0.4, 0.5) is 0 Å². The first kappa shape index (κ1) is 13.4. The molecule has 0 bridgehead atoms. The molecule has 1 heterocycles. The average Bonchev–Trinajstić information content (AvgIpc) is 2.35. The molecule has 2 nitrogen and oxygen atoms in total. The smallest absolute Gasteiger partial charge is 0.122 e.